The summed E-state index contributed by atoms with van der Waals surface area (Å²) in [6.07, 6.45) is 1.71. The average Bonchev–Trinajstić information content (AvgIpc) is 2.78. The average molecular weight is 408 g/mol. The minimum Gasteiger partial charge on any atom is -0.384 e. The summed E-state index contributed by atoms with van der Waals surface area (Å²) in [4.78, 5) is 25.1. The number of amides is 2. The van der Waals surface area contributed by atoms with Crippen molar-refractivity contribution in [1.82, 2.24) is 16.0 Å². The maximum absolute atomic E-state index is 12.7. The number of nitrogen functional groups attached to an aromatic ring is 1. The number of hydrogen-bond donors (Lipinski definition) is 5. The molecule has 3 atom stereocenters. The van der Waals surface area contributed by atoms with Gasteiger partial charge in [0.15, 0.2) is 0 Å². The Kier molecular flexibility index (Phi) is 7.19. The van der Waals surface area contributed by atoms with Gasteiger partial charge >= 0.3 is 0 Å². The molecule has 0 saturated carbocycles. The van der Waals surface area contributed by atoms with Crippen molar-refractivity contribution in [3.8, 4) is 0 Å². The number of rotatable bonds is 7. The molecule has 0 aromatic heterocycles. The molecule has 7 heteroatoms. The fourth-order valence-corrected chi connectivity index (χ4v) is 3.67. The smallest absolute Gasteiger partial charge is 0.242 e. The Morgan fingerprint density at radius 3 is 2.53 bits per heavy atom. The third-order valence-electron chi connectivity index (χ3n) is 5.47. The maximum atomic E-state index is 12.7. The van der Waals surface area contributed by atoms with Crippen LogP contribution in [0.4, 0.5) is 0 Å². The highest BCUT2D eigenvalue weighted by Gasteiger charge is 2.29. The number of nitrogens with two attached hydrogens (primary N) is 1. The fraction of sp³-hybridized carbons (Fsp3) is 0.348. The van der Waals surface area contributed by atoms with E-state index in [4.69, 9.17) is 11.1 Å². The molecule has 1 heterocycles. The van der Waals surface area contributed by atoms with E-state index in [0.29, 0.717) is 24.4 Å². The van der Waals surface area contributed by atoms with Gasteiger partial charge in [0.1, 0.15) is 11.9 Å². The summed E-state index contributed by atoms with van der Waals surface area (Å²) in [7, 11) is 0. The van der Waals surface area contributed by atoms with E-state index in [0.717, 1.165) is 18.5 Å². The van der Waals surface area contributed by atoms with Gasteiger partial charge in [0.05, 0.1) is 6.04 Å². The SMILES string of the molecule is C[C@H](NC(=O)C1CC(c2ccccc2)CCN1)C(=O)NCc1ccc(C(=N)N)cc1. The summed E-state index contributed by atoms with van der Waals surface area (Å²) < 4.78 is 0. The highest BCUT2D eigenvalue weighted by atomic mass is 16.2. The van der Waals surface area contributed by atoms with Crippen LogP contribution >= 0.6 is 0 Å². The topological polar surface area (TPSA) is 120 Å². The Labute approximate surface area is 176 Å². The molecule has 1 fully saturated rings. The van der Waals surface area contributed by atoms with Crippen molar-refractivity contribution in [3.05, 3.63) is 71.3 Å². The van der Waals surface area contributed by atoms with Crippen LogP contribution in [0, 0.1) is 5.41 Å². The number of nitrogens with one attached hydrogen (secondary N) is 4. The molecule has 7 nitrogen and oxygen atoms in total. The third-order valence-corrected chi connectivity index (χ3v) is 5.47. The highest BCUT2D eigenvalue weighted by Crippen LogP contribution is 2.27. The molecule has 2 aromatic rings. The van der Waals surface area contributed by atoms with Crippen LogP contribution in [0.25, 0.3) is 0 Å². The van der Waals surface area contributed by atoms with Crippen molar-refractivity contribution in [2.75, 3.05) is 6.54 Å². The van der Waals surface area contributed by atoms with Crippen LogP contribution in [0.2, 0.25) is 0 Å². The Balaban J connectivity index is 1.48. The van der Waals surface area contributed by atoms with Gasteiger partial charge in [0.2, 0.25) is 11.8 Å². The Morgan fingerprint density at radius 1 is 1.17 bits per heavy atom. The molecule has 2 unspecified atom stereocenters. The second-order valence-corrected chi connectivity index (χ2v) is 7.70. The van der Waals surface area contributed by atoms with E-state index in [9.17, 15) is 9.59 Å². The Hall–Kier alpha value is -3.19. The van der Waals surface area contributed by atoms with Crippen molar-refractivity contribution in [2.45, 2.75) is 44.3 Å². The molecule has 158 valence electrons. The van der Waals surface area contributed by atoms with E-state index in [1.165, 1.54) is 5.56 Å². The number of carbonyl (C=O) groups is 2. The first-order chi connectivity index (χ1) is 14.4. The molecule has 1 aliphatic heterocycles. The van der Waals surface area contributed by atoms with Gasteiger partial charge in [-0.2, -0.15) is 0 Å². The van der Waals surface area contributed by atoms with Crippen LogP contribution in [-0.4, -0.2) is 36.3 Å². The standard InChI is InChI=1S/C23H29N5O2/c1-15(22(29)27-14-16-7-9-18(10-8-16)21(24)25)28-23(30)20-13-19(11-12-26-20)17-5-3-2-4-6-17/h2-10,15,19-20,26H,11-14H2,1H3,(H3,24,25)(H,27,29)(H,28,30)/t15-,19?,20?/m0/s1. The van der Waals surface area contributed by atoms with E-state index in [1.807, 2.05) is 30.3 Å². The predicted molar refractivity (Wildman–Crippen MR) is 117 cm³/mol. The molecule has 3 rings (SSSR count). The van der Waals surface area contributed by atoms with Crippen molar-refractivity contribution in [3.63, 3.8) is 0 Å². The Bertz CT molecular complexity index is 882. The van der Waals surface area contributed by atoms with Crippen LogP contribution in [0.3, 0.4) is 0 Å². The highest BCUT2D eigenvalue weighted by molar-refractivity contribution is 5.95. The molecule has 0 aliphatic carbocycles. The summed E-state index contributed by atoms with van der Waals surface area (Å²) in [5.41, 5.74) is 8.23. The quantitative estimate of drug-likeness (QED) is 0.354. The van der Waals surface area contributed by atoms with E-state index in [1.54, 1.807) is 19.1 Å². The molecule has 2 aromatic carbocycles. The largest absolute Gasteiger partial charge is 0.384 e. The van der Waals surface area contributed by atoms with E-state index in [2.05, 4.69) is 28.1 Å². The lowest BCUT2D eigenvalue weighted by atomic mass is 9.86. The number of carbonyl (C=O) groups excluding carboxylic acids is 2. The second kappa shape index (κ2) is 10.0. The molecule has 0 bridgehead atoms. The number of piperidine rings is 1. The molecule has 2 amide bonds. The minimum absolute atomic E-state index is 0.00717. The normalized spacial score (nSPS) is 19.5. The first kappa shape index (κ1) is 21.5. The van der Waals surface area contributed by atoms with Gasteiger partial charge in [-0.25, -0.2) is 0 Å². The monoisotopic (exact) mass is 407 g/mol. The van der Waals surface area contributed by atoms with Crippen LogP contribution in [0.5, 0.6) is 0 Å². The van der Waals surface area contributed by atoms with Crippen molar-refractivity contribution in [2.24, 2.45) is 5.73 Å². The number of benzene rings is 2. The second-order valence-electron chi connectivity index (χ2n) is 7.70. The van der Waals surface area contributed by atoms with Gasteiger partial charge < -0.3 is 21.7 Å². The van der Waals surface area contributed by atoms with E-state index in [-0.39, 0.29) is 23.7 Å². The van der Waals surface area contributed by atoms with Crippen LogP contribution in [0.1, 0.15) is 42.4 Å². The zero-order chi connectivity index (χ0) is 21.5. The van der Waals surface area contributed by atoms with Gasteiger partial charge in [-0.3, -0.25) is 15.0 Å². The van der Waals surface area contributed by atoms with Crippen molar-refractivity contribution < 1.29 is 9.59 Å². The molecule has 0 radical (unpaired) electrons. The Morgan fingerprint density at radius 2 is 1.87 bits per heavy atom. The lowest BCUT2D eigenvalue weighted by Gasteiger charge is -2.30. The number of hydrogen-bond acceptors (Lipinski definition) is 4. The molecule has 30 heavy (non-hydrogen) atoms. The fourth-order valence-electron chi connectivity index (χ4n) is 3.67. The van der Waals surface area contributed by atoms with E-state index < -0.39 is 6.04 Å². The summed E-state index contributed by atoms with van der Waals surface area (Å²) in [5, 5.41) is 16.3. The van der Waals surface area contributed by atoms with Gasteiger partial charge in [-0.15, -0.1) is 0 Å². The lowest BCUT2D eigenvalue weighted by molar-refractivity contribution is -0.130. The summed E-state index contributed by atoms with van der Waals surface area (Å²) in [5.74, 6) is -0.0449. The van der Waals surface area contributed by atoms with Crippen LogP contribution < -0.4 is 21.7 Å². The molecule has 1 aliphatic rings. The van der Waals surface area contributed by atoms with Crippen molar-refractivity contribution in [1.29, 1.82) is 5.41 Å². The first-order valence-corrected chi connectivity index (χ1v) is 10.2. The summed E-state index contributed by atoms with van der Waals surface area (Å²) in [6, 6.07) is 16.4. The predicted octanol–water partition coefficient (Wildman–Crippen LogP) is 1.63. The van der Waals surface area contributed by atoms with Crippen LogP contribution in [0.15, 0.2) is 54.6 Å². The molecule has 6 N–H and O–H groups in total. The molecule has 1 saturated heterocycles. The molecule has 0 spiro atoms. The molecular formula is C23H29N5O2. The zero-order valence-electron chi connectivity index (χ0n) is 17.2. The van der Waals surface area contributed by atoms with Gasteiger partial charge in [0, 0.05) is 12.1 Å². The van der Waals surface area contributed by atoms with E-state index >= 15 is 0 Å². The minimum atomic E-state index is -0.632. The zero-order valence-corrected chi connectivity index (χ0v) is 17.2. The first-order valence-electron chi connectivity index (χ1n) is 10.2. The third kappa shape index (κ3) is 5.67. The molecular weight excluding hydrogens is 378 g/mol. The van der Waals surface area contributed by atoms with Gasteiger partial charge in [0.25, 0.3) is 0 Å². The van der Waals surface area contributed by atoms with Gasteiger partial charge in [-0.05, 0) is 43.4 Å². The van der Waals surface area contributed by atoms with Gasteiger partial charge in [-0.1, -0.05) is 54.6 Å². The summed E-state index contributed by atoms with van der Waals surface area (Å²) in [6.45, 7) is 2.80. The van der Waals surface area contributed by atoms with Crippen LogP contribution in [-0.2, 0) is 16.1 Å². The summed E-state index contributed by atoms with van der Waals surface area (Å²) >= 11 is 0. The number of amidine groups is 1. The maximum Gasteiger partial charge on any atom is 0.242 e. The van der Waals surface area contributed by atoms with Crippen molar-refractivity contribution >= 4 is 17.6 Å². The lowest BCUT2D eigenvalue weighted by Crippen LogP contribution is -2.53.